The Morgan fingerprint density at radius 3 is 2.49 bits per heavy atom. The summed E-state index contributed by atoms with van der Waals surface area (Å²) in [6.07, 6.45) is 0.834. The molecule has 1 saturated heterocycles. The van der Waals surface area contributed by atoms with E-state index in [1.807, 2.05) is 39.0 Å². The summed E-state index contributed by atoms with van der Waals surface area (Å²) in [4.78, 5) is 45.6. The molecular weight excluding hydrogens is 474 g/mol. The Labute approximate surface area is 218 Å². The first kappa shape index (κ1) is 28.0. The molecule has 2 heterocycles. The normalized spacial score (nSPS) is 17.1. The molecule has 200 valence electrons. The number of hydrogen-bond donors (Lipinski definition) is 2. The largest absolute Gasteiger partial charge is 0.507 e. The number of ether oxygens (including phenoxy) is 2. The second-order valence-corrected chi connectivity index (χ2v) is 9.06. The number of carbonyl (C=O) groups is 3. The molecule has 0 aliphatic carbocycles. The summed E-state index contributed by atoms with van der Waals surface area (Å²) < 4.78 is 10.6. The quantitative estimate of drug-likeness (QED) is 0.203. The van der Waals surface area contributed by atoms with Crippen molar-refractivity contribution in [1.82, 2.24) is 14.8 Å². The highest BCUT2D eigenvalue weighted by molar-refractivity contribution is 6.46. The Morgan fingerprint density at radius 2 is 1.86 bits per heavy atom. The van der Waals surface area contributed by atoms with Crippen LogP contribution in [0.4, 0.5) is 0 Å². The van der Waals surface area contributed by atoms with Crippen molar-refractivity contribution >= 4 is 23.4 Å². The summed E-state index contributed by atoms with van der Waals surface area (Å²) in [5.74, 6) is -1.72. The summed E-state index contributed by atoms with van der Waals surface area (Å²) >= 11 is 0. The van der Waals surface area contributed by atoms with E-state index in [2.05, 4.69) is 9.88 Å². The molecule has 9 nitrogen and oxygen atoms in total. The lowest BCUT2D eigenvalue weighted by molar-refractivity contribution is -0.140. The molecular formula is C28H37N3O6. The average Bonchev–Trinajstić information content (AvgIpc) is 3.34. The molecule has 1 aliphatic heterocycles. The van der Waals surface area contributed by atoms with Crippen LogP contribution >= 0.6 is 0 Å². The Kier molecular flexibility index (Phi) is 9.15. The van der Waals surface area contributed by atoms with Crippen LogP contribution in [-0.4, -0.2) is 77.4 Å². The van der Waals surface area contributed by atoms with Crippen LogP contribution in [0.5, 0.6) is 5.75 Å². The van der Waals surface area contributed by atoms with Gasteiger partial charge >= 0.3 is 5.97 Å². The first-order chi connectivity index (χ1) is 17.7. The minimum absolute atomic E-state index is 0.0150. The molecule has 1 aromatic heterocycles. The first-order valence-corrected chi connectivity index (χ1v) is 12.7. The molecule has 0 saturated carbocycles. The molecule has 1 aromatic carbocycles. The Morgan fingerprint density at radius 1 is 1.16 bits per heavy atom. The zero-order chi connectivity index (χ0) is 27.3. The number of nitrogens with one attached hydrogen (secondary N) is 1. The predicted octanol–water partition coefficient (Wildman–Crippen LogP) is 3.97. The number of amides is 1. The van der Waals surface area contributed by atoms with Crippen molar-refractivity contribution in [2.75, 3.05) is 39.9 Å². The molecule has 1 unspecified atom stereocenters. The predicted molar refractivity (Wildman–Crippen MR) is 141 cm³/mol. The summed E-state index contributed by atoms with van der Waals surface area (Å²) in [6.45, 7) is 12.5. The van der Waals surface area contributed by atoms with E-state index in [0.717, 1.165) is 19.5 Å². The van der Waals surface area contributed by atoms with Crippen LogP contribution < -0.4 is 4.74 Å². The lowest BCUT2D eigenvalue weighted by Gasteiger charge is -2.28. The van der Waals surface area contributed by atoms with E-state index < -0.39 is 23.7 Å². The highest BCUT2D eigenvalue weighted by atomic mass is 16.5. The van der Waals surface area contributed by atoms with Crippen LogP contribution in [0.25, 0.3) is 5.76 Å². The number of methoxy groups -OCH3 is 1. The number of esters is 1. The Bertz CT molecular complexity index is 1190. The number of carbonyl (C=O) groups excluding carboxylic acids is 3. The number of nitrogens with zero attached hydrogens (tertiary/aromatic N) is 2. The van der Waals surface area contributed by atoms with Crippen LogP contribution in [-0.2, 0) is 14.3 Å². The fourth-order valence-electron chi connectivity index (χ4n) is 4.79. The van der Waals surface area contributed by atoms with Gasteiger partial charge in [-0.15, -0.1) is 0 Å². The molecule has 0 radical (unpaired) electrons. The average molecular weight is 512 g/mol. The van der Waals surface area contributed by atoms with Gasteiger partial charge in [0.2, 0.25) is 0 Å². The smallest absolute Gasteiger partial charge is 0.354 e. The number of Topliss-reactive ketones (excluding diaryl/α,β-unsaturated/α-hetero) is 1. The molecule has 0 spiro atoms. The molecule has 1 amide bonds. The maximum Gasteiger partial charge on any atom is 0.354 e. The molecule has 1 fully saturated rings. The van der Waals surface area contributed by atoms with Crippen LogP contribution in [0.2, 0.25) is 0 Å². The van der Waals surface area contributed by atoms with Gasteiger partial charge in [-0.05, 0) is 56.6 Å². The fraction of sp³-hybridized carbons (Fsp3) is 0.464. The number of ketones is 1. The number of H-pyrrole nitrogens is 1. The van der Waals surface area contributed by atoms with Gasteiger partial charge in [-0.25, -0.2) is 4.79 Å². The number of aliphatic hydroxyl groups excluding tert-OH is 1. The fourth-order valence-corrected chi connectivity index (χ4v) is 4.79. The number of hydrogen-bond acceptors (Lipinski definition) is 7. The second-order valence-electron chi connectivity index (χ2n) is 9.06. The number of likely N-dealkylation sites (N-methyl/N-ethyl adjacent to an activating group) is 1. The van der Waals surface area contributed by atoms with Gasteiger partial charge in [-0.2, -0.15) is 0 Å². The van der Waals surface area contributed by atoms with E-state index >= 15 is 0 Å². The zero-order valence-electron chi connectivity index (χ0n) is 22.5. The third kappa shape index (κ3) is 5.56. The van der Waals surface area contributed by atoms with Crippen LogP contribution in [0.15, 0.2) is 29.8 Å². The van der Waals surface area contributed by atoms with E-state index in [-0.39, 0.29) is 17.0 Å². The van der Waals surface area contributed by atoms with Gasteiger partial charge in [0.15, 0.2) is 0 Å². The van der Waals surface area contributed by atoms with Gasteiger partial charge < -0.3 is 29.4 Å². The van der Waals surface area contributed by atoms with Crippen molar-refractivity contribution in [3.05, 3.63) is 57.9 Å². The number of rotatable bonds is 11. The van der Waals surface area contributed by atoms with Crippen LogP contribution in [0.3, 0.4) is 0 Å². The summed E-state index contributed by atoms with van der Waals surface area (Å²) in [7, 11) is 1.27. The highest BCUT2D eigenvalue weighted by Crippen LogP contribution is 2.41. The zero-order valence-corrected chi connectivity index (χ0v) is 22.5. The van der Waals surface area contributed by atoms with E-state index in [1.54, 1.807) is 19.9 Å². The minimum atomic E-state index is -0.809. The van der Waals surface area contributed by atoms with Gasteiger partial charge in [-0.1, -0.05) is 32.9 Å². The van der Waals surface area contributed by atoms with Gasteiger partial charge in [0.25, 0.3) is 11.7 Å². The summed E-state index contributed by atoms with van der Waals surface area (Å²) in [5.41, 5.74) is 2.07. The van der Waals surface area contributed by atoms with Gasteiger partial charge in [0, 0.05) is 24.3 Å². The monoisotopic (exact) mass is 511 g/mol. The molecule has 3 rings (SSSR count). The number of aryl methyl sites for hydroxylation is 1. The molecule has 2 aromatic rings. The number of aromatic nitrogens is 1. The van der Waals surface area contributed by atoms with Crippen molar-refractivity contribution in [2.24, 2.45) is 0 Å². The maximum atomic E-state index is 13.4. The molecule has 1 atom stereocenters. The first-order valence-electron chi connectivity index (χ1n) is 12.7. The summed E-state index contributed by atoms with van der Waals surface area (Å²) in [6, 6.07) is 6.46. The Balaban J connectivity index is 2.18. The van der Waals surface area contributed by atoms with E-state index in [4.69, 9.17) is 9.47 Å². The lowest BCUT2D eigenvalue weighted by atomic mass is 9.94. The van der Waals surface area contributed by atoms with Gasteiger partial charge in [-0.3, -0.25) is 9.59 Å². The molecule has 1 aliphatic rings. The van der Waals surface area contributed by atoms with E-state index in [1.165, 1.54) is 12.0 Å². The third-order valence-corrected chi connectivity index (χ3v) is 6.80. The number of benzene rings is 1. The van der Waals surface area contributed by atoms with Gasteiger partial charge in [0.05, 0.1) is 25.3 Å². The topological polar surface area (TPSA) is 112 Å². The molecule has 2 N–H and O–H groups in total. The molecule has 37 heavy (non-hydrogen) atoms. The lowest BCUT2D eigenvalue weighted by Crippen LogP contribution is -2.38. The minimum Gasteiger partial charge on any atom is -0.507 e. The van der Waals surface area contributed by atoms with Crippen LogP contribution in [0.1, 0.15) is 66.1 Å². The second kappa shape index (κ2) is 12.1. The Hall–Kier alpha value is -3.59. The van der Waals surface area contributed by atoms with Crippen molar-refractivity contribution in [2.45, 2.75) is 47.1 Å². The summed E-state index contributed by atoms with van der Waals surface area (Å²) in [5, 5.41) is 11.5. The molecule has 9 heteroatoms. The van der Waals surface area contributed by atoms with Crippen molar-refractivity contribution in [1.29, 1.82) is 0 Å². The highest BCUT2D eigenvalue weighted by Gasteiger charge is 2.46. The van der Waals surface area contributed by atoms with Gasteiger partial charge in [0.1, 0.15) is 17.2 Å². The van der Waals surface area contributed by atoms with E-state index in [9.17, 15) is 19.5 Å². The van der Waals surface area contributed by atoms with E-state index in [0.29, 0.717) is 47.8 Å². The van der Waals surface area contributed by atoms with Crippen molar-refractivity contribution in [3.8, 4) is 5.75 Å². The van der Waals surface area contributed by atoms with Crippen LogP contribution in [0, 0.1) is 13.8 Å². The SMILES string of the molecule is CCCOc1cccc(C2C(=C(O)c3c(C)[nH]c(C(=O)OC)c3C)C(=O)C(=O)N2CCN(CC)CC)c1. The standard InChI is InChI=1S/C28H37N3O6/c1-7-15-37-20-12-10-11-19(16-20)24-22(26(33)27(34)31(24)14-13-30(8-2)9-3)25(32)21-17(4)23(28(35)36-6)29-18(21)5/h10-12,16,24,29,32H,7-9,13-15H2,1-6H3. The van der Waals surface area contributed by atoms with Crippen molar-refractivity contribution < 1.29 is 29.0 Å². The number of aromatic amines is 1. The number of aliphatic hydroxyl groups is 1. The van der Waals surface area contributed by atoms with Crippen molar-refractivity contribution in [3.63, 3.8) is 0 Å². The maximum absolute atomic E-state index is 13.4. The third-order valence-electron chi connectivity index (χ3n) is 6.80. The number of likely N-dealkylation sites (tertiary alicyclic amines) is 1. The molecule has 0 bridgehead atoms.